The summed E-state index contributed by atoms with van der Waals surface area (Å²) in [7, 11) is 0. The van der Waals surface area contributed by atoms with Gasteiger partial charge in [0.25, 0.3) is 0 Å². The van der Waals surface area contributed by atoms with E-state index in [1.54, 1.807) is 42.6 Å². The normalized spacial score (nSPS) is 14.2. The number of carbonyl (C=O) groups is 1. The number of carbonyl (C=O) groups excluding carboxylic acids is 1. The zero-order valence-corrected chi connectivity index (χ0v) is 21.1. The van der Waals surface area contributed by atoms with Crippen molar-refractivity contribution in [2.24, 2.45) is 0 Å². The molecule has 0 spiro atoms. The molecule has 0 atom stereocenters. The first-order chi connectivity index (χ1) is 19.1. The molecule has 8 nitrogen and oxygen atoms in total. The van der Waals surface area contributed by atoms with Gasteiger partial charge in [-0.25, -0.2) is 18.9 Å². The number of nitrogens with zero attached hydrogens (tertiary/aromatic N) is 3. The van der Waals surface area contributed by atoms with E-state index >= 15 is 0 Å². The summed E-state index contributed by atoms with van der Waals surface area (Å²) in [6.07, 6.45) is -1.60. The van der Waals surface area contributed by atoms with Crippen LogP contribution in [0, 0.1) is 5.82 Å². The molecule has 40 heavy (non-hydrogen) atoms. The van der Waals surface area contributed by atoms with Crippen molar-refractivity contribution >= 4 is 40.2 Å². The van der Waals surface area contributed by atoms with Crippen LogP contribution in [0.2, 0.25) is 5.02 Å². The summed E-state index contributed by atoms with van der Waals surface area (Å²) < 4.78 is 63.2. The highest BCUT2D eigenvalue weighted by molar-refractivity contribution is 6.36. The van der Waals surface area contributed by atoms with Gasteiger partial charge in [-0.15, -0.1) is 0 Å². The van der Waals surface area contributed by atoms with Crippen molar-refractivity contribution in [1.82, 2.24) is 19.7 Å². The Morgan fingerprint density at radius 3 is 2.55 bits per heavy atom. The number of pyridine rings is 1. The lowest BCUT2D eigenvalue weighted by Crippen LogP contribution is -2.29. The van der Waals surface area contributed by atoms with E-state index in [4.69, 9.17) is 16.3 Å². The SMILES string of the molecule is O=C(Nc1ccc(Oc2ccnc3[nH]cc(Cl)c23)cc1F)Nc1cc(C2(C(F)(F)F)CC2)nn1-c1ccccc1. The van der Waals surface area contributed by atoms with Gasteiger partial charge in [0.1, 0.15) is 34.2 Å². The van der Waals surface area contributed by atoms with Gasteiger partial charge in [0.2, 0.25) is 0 Å². The summed E-state index contributed by atoms with van der Waals surface area (Å²) in [6.45, 7) is 0. The van der Waals surface area contributed by atoms with Crippen molar-refractivity contribution in [3.05, 3.63) is 89.6 Å². The van der Waals surface area contributed by atoms with Crippen molar-refractivity contribution in [3.8, 4) is 17.2 Å². The van der Waals surface area contributed by atoms with E-state index in [-0.39, 0.29) is 35.8 Å². The third-order valence-electron chi connectivity index (χ3n) is 6.64. The second-order valence-electron chi connectivity index (χ2n) is 9.23. The van der Waals surface area contributed by atoms with Gasteiger partial charge in [0, 0.05) is 24.5 Å². The zero-order chi connectivity index (χ0) is 28.1. The summed E-state index contributed by atoms with van der Waals surface area (Å²) in [5, 5.41) is 9.96. The molecule has 3 N–H and O–H groups in total. The first-order valence-corrected chi connectivity index (χ1v) is 12.4. The highest BCUT2D eigenvalue weighted by atomic mass is 35.5. The second-order valence-corrected chi connectivity index (χ2v) is 9.64. The quantitative estimate of drug-likeness (QED) is 0.183. The molecule has 1 saturated carbocycles. The van der Waals surface area contributed by atoms with Crippen LogP contribution in [0.1, 0.15) is 18.5 Å². The predicted molar refractivity (Wildman–Crippen MR) is 141 cm³/mol. The molecule has 6 rings (SSSR count). The van der Waals surface area contributed by atoms with E-state index in [0.29, 0.717) is 27.5 Å². The number of benzene rings is 2. The molecule has 1 aliphatic carbocycles. The smallest absolute Gasteiger partial charge is 0.400 e. The molecule has 3 aromatic heterocycles. The van der Waals surface area contributed by atoms with Gasteiger partial charge in [-0.2, -0.15) is 18.3 Å². The lowest BCUT2D eigenvalue weighted by molar-refractivity contribution is -0.161. The highest BCUT2D eigenvalue weighted by Gasteiger charge is 2.66. The molecule has 0 unspecified atom stereocenters. The summed E-state index contributed by atoms with van der Waals surface area (Å²) in [5.41, 5.74) is -1.47. The second kappa shape index (κ2) is 9.56. The number of aromatic amines is 1. The van der Waals surface area contributed by atoms with Crippen molar-refractivity contribution < 1.29 is 27.1 Å². The fourth-order valence-corrected chi connectivity index (χ4v) is 4.65. The number of hydrogen-bond donors (Lipinski definition) is 3. The van der Waals surface area contributed by atoms with Gasteiger partial charge in [-0.05, 0) is 43.2 Å². The Hall–Kier alpha value is -4.58. The topological polar surface area (TPSA) is 96.9 Å². The molecule has 204 valence electrons. The molecule has 1 fully saturated rings. The molecule has 2 amide bonds. The van der Waals surface area contributed by atoms with E-state index in [1.165, 1.54) is 29.1 Å². The van der Waals surface area contributed by atoms with Crippen molar-refractivity contribution in [1.29, 1.82) is 0 Å². The number of amides is 2. The number of para-hydroxylation sites is 1. The maximum absolute atomic E-state index is 14.9. The number of aromatic nitrogens is 4. The largest absolute Gasteiger partial charge is 0.456 e. The number of ether oxygens (including phenoxy) is 1. The fraction of sp³-hybridized carbons (Fsp3) is 0.148. The maximum Gasteiger partial charge on any atom is 0.400 e. The Balaban J connectivity index is 1.22. The third kappa shape index (κ3) is 4.60. The summed E-state index contributed by atoms with van der Waals surface area (Å²) >= 11 is 6.18. The minimum Gasteiger partial charge on any atom is -0.456 e. The van der Waals surface area contributed by atoms with E-state index in [0.717, 1.165) is 6.07 Å². The molecule has 2 aromatic carbocycles. The molecule has 0 aliphatic heterocycles. The summed E-state index contributed by atoms with van der Waals surface area (Å²) in [4.78, 5) is 19.9. The van der Waals surface area contributed by atoms with E-state index < -0.39 is 23.4 Å². The van der Waals surface area contributed by atoms with Crippen LogP contribution >= 0.6 is 11.6 Å². The first kappa shape index (κ1) is 25.7. The molecule has 13 heteroatoms. The Bertz CT molecular complexity index is 1730. The number of H-pyrrole nitrogens is 1. The standard InChI is InChI=1S/C27H19ClF4N6O2/c28-17-14-34-24-23(17)20(8-11-33-24)40-16-6-7-19(18(29)12-16)35-25(39)36-22-13-21(26(9-10-26)27(30,31)32)37-38(22)15-4-2-1-3-5-15/h1-8,11-14H,9-10H2,(H,33,34)(H2,35,36,39). The maximum atomic E-state index is 14.9. The minimum absolute atomic E-state index is 0.000304. The monoisotopic (exact) mass is 570 g/mol. The summed E-state index contributed by atoms with van der Waals surface area (Å²) in [5.74, 6) is -0.308. The number of urea groups is 1. The Morgan fingerprint density at radius 1 is 1.07 bits per heavy atom. The molecule has 3 heterocycles. The van der Waals surface area contributed by atoms with Gasteiger partial charge in [-0.1, -0.05) is 29.8 Å². The Morgan fingerprint density at radius 2 is 1.85 bits per heavy atom. The zero-order valence-electron chi connectivity index (χ0n) is 20.4. The molecule has 0 radical (unpaired) electrons. The van der Waals surface area contributed by atoms with Crippen molar-refractivity contribution in [2.45, 2.75) is 24.4 Å². The number of fused-ring (bicyclic) bond motifs is 1. The van der Waals surface area contributed by atoms with Gasteiger partial charge in [0.05, 0.1) is 27.5 Å². The molecule has 0 bridgehead atoms. The Kier molecular flexibility index (Phi) is 6.14. The predicted octanol–water partition coefficient (Wildman–Crippen LogP) is 7.57. The highest BCUT2D eigenvalue weighted by Crippen LogP contribution is 2.58. The van der Waals surface area contributed by atoms with Crippen molar-refractivity contribution in [2.75, 3.05) is 10.6 Å². The van der Waals surface area contributed by atoms with Crippen LogP contribution < -0.4 is 15.4 Å². The van der Waals surface area contributed by atoms with E-state index in [2.05, 4.69) is 25.7 Å². The van der Waals surface area contributed by atoms with Crippen LogP contribution in [0.5, 0.6) is 11.5 Å². The van der Waals surface area contributed by atoms with E-state index in [1.807, 2.05) is 0 Å². The van der Waals surface area contributed by atoms with Gasteiger partial charge in [-0.3, -0.25) is 5.32 Å². The molecule has 1 aliphatic rings. The van der Waals surface area contributed by atoms with E-state index in [9.17, 15) is 22.4 Å². The average molecular weight is 571 g/mol. The van der Waals surface area contributed by atoms with Gasteiger partial charge >= 0.3 is 12.2 Å². The molecular formula is C27H19ClF4N6O2. The van der Waals surface area contributed by atoms with Gasteiger partial charge < -0.3 is 15.0 Å². The number of rotatable bonds is 6. The molecule has 5 aromatic rings. The Labute approximate surface area is 228 Å². The molecular weight excluding hydrogens is 552 g/mol. The van der Waals surface area contributed by atoms with Crippen LogP contribution in [0.15, 0.2) is 73.1 Å². The number of halogens is 5. The van der Waals surface area contributed by atoms with Crippen LogP contribution in [0.3, 0.4) is 0 Å². The lowest BCUT2D eigenvalue weighted by atomic mass is 10.0. The van der Waals surface area contributed by atoms with Crippen LogP contribution in [0.25, 0.3) is 16.7 Å². The first-order valence-electron chi connectivity index (χ1n) is 12.0. The number of anilines is 2. The fourth-order valence-electron chi connectivity index (χ4n) is 4.41. The van der Waals surface area contributed by atoms with Crippen molar-refractivity contribution in [3.63, 3.8) is 0 Å². The average Bonchev–Trinajstić information content (AvgIpc) is 3.52. The van der Waals surface area contributed by atoms with Crippen LogP contribution in [-0.4, -0.2) is 32.0 Å². The number of alkyl halides is 3. The van der Waals surface area contributed by atoms with Crippen LogP contribution in [-0.2, 0) is 5.41 Å². The summed E-state index contributed by atoms with van der Waals surface area (Å²) in [6, 6.07) is 14.1. The number of hydrogen-bond acceptors (Lipinski definition) is 4. The minimum atomic E-state index is -4.48. The molecule has 0 saturated heterocycles. The number of nitrogens with one attached hydrogen (secondary N) is 3. The third-order valence-corrected chi connectivity index (χ3v) is 6.94. The lowest BCUT2D eigenvalue weighted by Gasteiger charge is -2.16. The van der Waals surface area contributed by atoms with Gasteiger partial charge in [0.15, 0.2) is 0 Å². The van der Waals surface area contributed by atoms with Crippen LogP contribution in [0.4, 0.5) is 33.9 Å².